The zero-order valence-electron chi connectivity index (χ0n) is 15.0. The molecule has 0 fully saturated rings. The summed E-state index contributed by atoms with van der Waals surface area (Å²) >= 11 is 0. The molecule has 0 aliphatic rings. The van der Waals surface area contributed by atoms with Gasteiger partial charge in [-0.2, -0.15) is 0 Å². The summed E-state index contributed by atoms with van der Waals surface area (Å²) in [7, 11) is 0. The van der Waals surface area contributed by atoms with Gasteiger partial charge in [0, 0.05) is 0 Å². The van der Waals surface area contributed by atoms with Crippen molar-refractivity contribution in [1.82, 2.24) is 14.9 Å². The topological polar surface area (TPSA) is 46.9 Å². The van der Waals surface area contributed by atoms with Crippen LogP contribution in [0.1, 0.15) is 11.4 Å². The predicted molar refractivity (Wildman–Crippen MR) is 109 cm³/mol. The van der Waals surface area contributed by atoms with Crippen LogP contribution in [-0.4, -0.2) is 16.1 Å². The molecule has 4 rings (SSSR count). The van der Waals surface area contributed by atoms with Crippen LogP contribution >= 0.6 is 0 Å². The van der Waals surface area contributed by atoms with Crippen molar-refractivity contribution in [3.63, 3.8) is 0 Å². The largest absolute Gasteiger partial charge is 0.310 e. The summed E-state index contributed by atoms with van der Waals surface area (Å²) < 4.78 is 1.71. The van der Waals surface area contributed by atoms with E-state index in [0.717, 1.165) is 30.0 Å². The van der Waals surface area contributed by atoms with E-state index in [2.05, 4.69) is 17.4 Å². The van der Waals surface area contributed by atoms with Crippen molar-refractivity contribution in [1.29, 1.82) is 0 Å². The highest BCUT2D eigenvalue weighted by atomic mass is 16.1. The molecule has 0 bridgehead atoms. The lowest BCUT2D eigenvalue weighted by atomic mass is 10.1. The normalized spacial score (nSPS) is 11.0. The fourth-order valence-corrected chi connectivity index (χ4v) is 3.22. The standard InChI is InChI=1S/C23H21N3O/c27-23-20-13-7-8-14-21(20)25-22(26(23)19-11-5-2-6-12-19)17-24-16-15-18-9-3-1-4-10-18/h1-14,24H,15-17H2. The van der Waals surface area contributed by atoms with Crippen LogP contribution in [0.4, 0.5) is 0 Å². The molecule has 134 valence electrons. The van der Waals surface area contributed by atoms with Gasteiger partial charge in [0.15, 0.2) is 0 Å². The SMILES string of the molecule is O=c1c2ccccc2nc(CNCCc2ccccc2)n1-c1ccccc1. The van der Waals surface area contributed by atoms with Crippen LogP contribution in [-0.2, 0) is 13.0 Å². The van der Waals surface area contributed by atoms with Crippen LogP contribution in [0.5, 0.6) is 0 Å². The Bertz CT molecular complexity index is 1090. The molecule has 0 saturated heterocycles. The number of rotatable bonds is 6. The number of nitrogens with zero attached hydrogens (tertiary/aromatic N) is 2. The van der Waals surface area contributed by atoms with Crippen molar-refractivity contribution in [3.8, 4) is 5.69 Å². The molecule has 27 heavy (non-hydrogen) atoms. The van der Waals surface area contributed by atoms with E-state index in [4.69, 9.17) is 4.98 Å². The number of fused-ring (bicyclic) bond motifs is 1. The summed E-state index contributed by atoms with van der Waals surface area (Å²) in [4.78, 5) is 17.9. The number of benzene rings is 3. The molecule has 0 aliphatic carbocycles. The number of nitrogens with one attached hydrogen (secondary N) is 1. The first kappa shape index (κ1) is 17.2. The monoisotopic (exact) mass is 355 g/mol. The summed E-state index contributed by atoms with van der Waals surface area (Å²) in [6.45, 7) is 1.35. The number of hydrogen-bond donors (Lipinski definition) is 1. The first-order valence-corrected chi connectivity index (χ1v) is 9.14. The van der Waals surface area contributed by atoms with Gasteiger partial charge in [0.05, 0.1) is 23.1 Å². The van der Waals surface area contributed by atoms with Crippen molar-refractivity contribution < 1.29 is 0 Å². The second kappa shape index (κ2) is 7.98. The lowest BCUT2D eigenvalue weighted by Gasteiger charge is -2.14. The number of aromatic nitrogens is 2. The Morgan fingerprint density at radius 1 is 0.815 bits per heavy atom. The van der Waals surface area contributed by atoms with Gasteiger partial charge in [-0.25, -0.2) is 4.98 Å². The Balaban J connectivity index is 1.63. The molecule has 1 heterocycles. The number of hydrogen-bond acceptors (Lipinski definition) is 3. The van der Waals surface area contributed by atoms with E-state index in [1.54, 1.807) is 4.57 Å². The van der Waals surface area contributed by atoms with E-state index >= 15 is 0 Å². The molecule has 0 unspecified atom stereocenters. The lowest BCUT2D eigenvalue weighted by molar-refractivity contribution is 0.642. The first-order valence-electron chi connectivity index (χ1n) is 9.14. The second-order valence-electron chi connectivity index (χ2n) is 6.43. The van der Waals surface area contributed by atoms with Crippen LogP contribution in [0.25, 0.3) is 16.6 Å². The third-order valence-electron chi connectivity index (χ3n) is 4.58. The van der Waals surface area contributed by atoms with E-state index in [1.807, 2.05) is 72.8 Å². The zero-order valence-corrected chi connectivity index (χ0v) is 15.0. The summed E-state index contributed by atoms with van der Waals surface area (Å²) in [6, 6.07) is 27.5. The zero-order chi connectivity index (χ0) is 18.5. The molecular weight excluding hydrogens is 334 g/mol. The van der Waals surface area contributed by atoms with E-state index in [1.165, 1.54) is 5.56 Å². The van der Waals surface area contributed by atoms with Gasteiger partial charge in [-0.3, -0.25) is 9.36 Å². The van der Waals surface area contributed by atoms with Gasteiger partial charge in [0.25, 0.3) is 5.56 Å². The van der Waals surface area contributed by atoms with E-state index < -0.39 is 0 Å². The smallest absolute Gasteiger partial charge is 0.266 e. The highest BCUT2D eigenvalue weighted by Crippen LogP contribution is 2.13. The predicted octanol–water partition coefficient (Wildman–Crippen LogP) is 3.72. The Labute approximate surface area is 158 Å². The molecule has 0 aliphatic heterocycles. The van der Waals surface area contributed by atoms with E-state index in [9.17, 15) is 4.79 Å². The number of para-hydroxylation sites is 2. The van der Waals surface area contributed by atoms with Gasteiger partial charge in [-0.1, -0.05) is 60.7 Å². The molecule has 4 aromatic rings. The molecule has 0 amide bonds. The minimum atomic E-state index is -0.0355. The van der Waals surface area contributed by atoms with Crippen LogP contribution in [0.15, 0.2) is 89.7 Å². The summed E-state index contributed by atoms with van der Waals surface area (Å²) in [6.07, 6.45) is 0.935. The molecule has 3 aromatic carbocycles. The highest BCUT2D eigenvalue weighted by molar-refractivity contribution is 5.77. The third-order valence-corrected chi connectivity index (χ3v) is 4.58. The molecule has 0 saturated carbocycles. The lowest BCUT2D eigenvalue weighted by Crippen LogP contribution is -2.28. The van der Waals surface area contributed by atoms with Crippen molar-refractivity contribution in [2.75, 3.05) is 6.54 Å². The van der Waals surface area contributed by atoms with Crippen molar-refractivity contribution in [2.24, 2.45) is 0 Å². The van der Waals surface area contributed by atoms with Gasteiger partial charge in [-0.05, 0) is 42.8 Å². The van der Waals surface area contributed by atoms with Gasteiger partial charge in [0.2, 0.25) is 0 Å². The summed E-state index contributed by atoms with van der Waals surface area (Å²) in [5.74, 6) is 0.720. The second-order valence-corrected chi connectivity index (χ2v) is 6.43. The third kappa shape index (κ3) is 3.81. The van der Waals surface area contributed by atoms with Crippen LogP contribution in [0.2, 0.25) is 0 Å². The van der Waals surface area contributed by atoms with Crippen molar-refractivity contribution in [3.05, 3.63) is 107 Å². The Morgan fingerprint density at radius 2 is 1.48 bits per heavy atom. The molecule has 4 nitrogen and oxygen atoms in total. The fraction of sp³-hybridized carbons (Fsp3) is 0.130. The molecule has 0 radical (unpaired) electrons. The average Bonchev–Trinajstić information content (AvgIpc) is 2.73. The van der Waals surface area contributed by atoms with Crippen molar-refractivity contribution in [2.45, 2.75) is 13.0 Å². The molecule has 0 spiro atoms. The van der Waals surface area contributed by atoms with E-state index in [-0.39, 0.29) is 5.56 Å². The maximum Gasteiger partial charge on any atom is 0.266 e. The van der Waals surface area contributed by atoms with E-state index in [0.29, 0.717) is 11.9 Å². The van der Waals surface area contributed by atoms with Crippen LogP contribution < -0.4 is 10.9 Å². The minimum Gasteiger partial charge on any atom is -0.310 e. The Morgan fingerprint density at radius 3 is 2.26 bits per heavy atom. The molecule has 1 N–H and O–H groups in total. The maximum absolute atomic E-state index is 13.1. The van der Waals surface area contributed by atoms with Crippen molar-refractivity contribution >= 4 is 10.9 Å². The van der Waals surface area contributed by atoms with Gasteiger partial charge < -0.3 is 5.32 Å². The first-order chi connectivity index (χ1) is 13.3. The highest BCUT2D eigenvalue weighted by Gasteiger charge is 2.12. The van der Waals surface area contributed by atoms with Gasteiger partial charge >= 0.3 is 0 Å². The van der Waals surface area contributed by atoms with Gasteiger partial charge in [-0.15, -0.1) is 0 Å². The fourth-order valence-electron chi connectivity index (χ4n) is 3.22. The van der Waals surface area contributed by atoms with Crippen LogP contribution in [0.3, 0.4) is 0 Å². The Kier molecular flexibility index (Phi) is 5.08. The van der Waals surface area contributed by atoms with Gasteiger partial charge in [0.1, 0.15) is 5.82 Å². The minimum absolute atomic E-state index is 0.0355. The summed E-state index contributed by atoms with van der Waals surface area (Å²) in [5, 5.41) is 4.06. The Hall–Kier alpha value is -3.24. The molecular formula is C23H21N3O. The summed E-state index contributed by atoms with van der Waals surface area (Å²) in [5.41, 5.74) is 2.82. The average molecular weight is 355 g/mol. The molecule has 4 heteroatoms. The van der Waals surface area contributed by atoms with Crippen LogP contribution in [0, 0.1) is 0 Å². The molecule has 1 aromatic heterocycles. The molecule has 0 atom stereocenters. The maximum atomic E-state index is 13.1. The quantitative estimate of drug-likeness (QED) is 0.536.